The highest BCUT2D eigenvalue weighted by Crippen LogP contribution is 2.27. The maximum absolute atomic E-state index is 13.1. The Hall–Kier alpha value is -3.15. The lowest BCUT2D eigenvalue weighted by atomic mass is 10.0. The molecule has 1 amide bonds. The second-order valence-electron chi connectivity index (χ2n) is 6.41. The summed E-state index contributed by atoms with van der Waals surface area (Å²) in [5.74, 6) is 0.0963. The van der Waals surface area contributed by atoms with Gasteiger partial charge in [0.1, 0.15) is 18.1 Å². The van der Waals surface area contributed by atoms with E-state index in [-0.39, 0.29) is 29.9 Å². The van der Waals surface area contributed by atoms with Crippen molar-refractivity contribution >= 4 is 18.3 Å². The van der Waals surface area contributed by atoms with Crippen molar-refractivity contribution in [3.05, 3.63) is 59.9 Å². The van der Waals surface area contributed by atoms with Crippen LogP contribution in [0.15, 0.2) is 43.1 Å². The number of aldehydes is 1. The number of aromatic hydroxyl groups is 1. The number of pyridine rings is 1. The Morgan fingerprint density at radius 3 is 2.96 bits per heavy atom. The summed E-state index contributed by atoms with van der Waals surface area (Å²) in [4.78, 5) is 30.3. The van der Waals surface area contributed by atoms with E-state index in [1.165, 1.54) is 6.07 Å². The van der Waals surface area contributed by atoms with Gasteiger partial charge in [0.15, 0.2) is 6.29 Å². The van der Waals surface area contributed by atoms with Crippen LogP contribution in [0, 0.1) is 0 Å². The van der Waals surface area contributed by atoms with Gasteiger partial charge in [-0.1, -0.05) is 12.6 Å². The minimum atomic E-state index is -0.120. The molecule has 0 bridgehead atoms. The molecule has 1 unspecified atom stereocenters. The van der Waals surface area contributed by atoms with Gasteiger partial charge in [0.25, 0.3) is 5.91 Å². The van der Waals surface area contributed by atoms with Crippen molar-refractivity contribution in [3.63, 3.8) is 0 Å². The Labute approximate surface area is 158 Å². The van der Waals surface area contributed by atoms with Gasteiger partial charge >= 0.3 is 0 Å². The molecular weight excluding hydrogens is 344 g/mol. The van der Waals surface area contributed by atoms with Crippen LogP contribution in [0.3, 0.4) is 0 Å². The molecule has 1 saturated heterocycles. The molecule has 1 N–H and O–H groups in total. The average Bonchev–Trinajstić information content (AvgIpc) is 2.72. The molecule has 1 fully saturated rings. The first kappa shape index (κ1) is 18.6. The summed E-state index contributed by atoms with van der Waals surface area (Å²) in [7, 11) is 0. The van der Waals surface area contributed by atoms with Gasteiger partial charge < -0.3 is 14.7 Å². The number of likely N-dealkylation sites (tertiary alicyclic amines) is 1. The molecule has 1 aromatic heterocycles. The number of aromatic nitrogens is 1. The standard InChI is InChI=1S/C21H22N2O4/c1-2-18-16(8-6-11-22-18)21(26)23-12-4-3-7-15(23)14-27-20-10-5-9-19(25)17(20)13-24/h2,5-6,8-11,13,15,25H,1,3-4,7,12,14H2. The molecule has 0 spiro atoms. The van der Waals surface area contributed by atoms with Crippen LogP contribution in [0.1, 0.15) is 45.7 Å². The van der Waals surface area contributed by atoms with Crippen molar-refractivity contribution in [3.8, 4) is 11.5 Å². The predicted octanol–water partition coefficient (Wildman–Crippen LogP) is 3.32. The van der Waals surface area contributed by atoms with Gasteiger partial charge in [0.05, 0.1) is 22.9 Å². The minimum Gasteiger partial charge on any atom is -0.507 e. The van der Waals surface area contributed by atoms with Gasteiger partial charge in [-0.15, -0.1) is 0 Å². The predicted molar refractivity (Wildman–Crippen MR) is 102 cm³/mol. The first-order valence-corrected chi connectivity index (χ1v) is 8.94. The smallest absolute Gasteiger partial charge is 0.256 e. The molecule has 1 aliphatic rings. The lowest BCUT2D eigenvalue weighted by Crippen LogP contribution is -2.47. The highest BCUT2D eigenvalue weighted by atomic mass is 16.5. The normalized spacial score (nSPS) is 16.6. The van der Waals surface area contributed by atoms with Crippen LogP contribution in [0.5, 0.6) is 11.5 Å². The summed E-state index contributed by atoms with van der Waals surface area (Å²) in [6.45, 7) is 4.61. The SMILES string of the molecule is C=Cc1ncccc1C(=O)N1CCCCC1COc1cccc(O)c1C=O. The first-order chi connectivity index (χ1) is 13.2. The van der Waals surface area contributed by atoms with Crippen LogP contribution in [0.4, 0.5) is 0 Å². The molecule has 0 saturated carbocycles. The van der Waals surface area contributed by atoms with E-state index in [1.807, 2.05) is 0 Å². The molecule has 2 aromatic rings. The van der Waals surface area contributed by atoms with E-state index < -0.39 is 0 Å². The van der Waals surface area contributed by atoms with Gasteiger partial charge in [-0.05, 0) is 49.6 Å². The summed E-state index contributed by atoms with van der Waals surface area (Å²) < 4.78 is 5.80. The van der Waals surface area contributed by atoms with Crippen LogP contribution in [-0.4, -0.2) is 46.4 Å². The summed E-state index contributed by atoms with van der Waals surface area (Å²) in [5, 5.41) is 9.78. The number of hydrogen-bond acceptors (Lipinski definition) is 5. The third-order valence-electron chi connectivity index (χ3n) is 4.74. The highest BCUT2D eigenvalue weighted by molar-refractivity contribution is 5.97. The van der Waals surface area contributed by atoms with Crippen molar-refractivity contribution in [2.24, 2.45) is 0 Å². The average molecular weight is 366 g/mol. The number of carbonyl (C=O) groups is 2. The Morgan fingerprint density at radius 1 is 1.33 bits per heavy atom. The molecule has 1 atom stereocenters. The van der Waals surface area contributed by atoms with Gasteiger partial charge in [-0.25, -0.2) is 0 Å². The monoisotopic (exact) mass is 366 g/mol. The molecule has 3 rings (SSSR count). The number of phenols is 1. The second kappa shape index (κ2) is 8.49. The number of piperidine rings is 1. The zero-order chi connectivity index (χ0) is 19.2. The molecule has 6 nitrogen and oxygen atoms in total. The van der Waals surface area contributed by atoms with Gasteiger partial charge in [0, 0.05) is 12.7 Å². The number of nitrogens with zero attached hydrogens (tertiary/aromatic N) is 2. The van der Waals surface area contributed by atoms with E-state index in [2.05, 4.69) is 11.6 Å². The molecule has 6 heteroatoms. The van der Waals surface area contributed by atoms with E-state index >= 15 is 0 Å². The Kier molecular flexibility index (Phi) is 5.86. The van der Waals surface area contributed by atoms with Crippen molar-refractivity contribution in [1.82, 2.24) is 9.88 Å². The number of benzene rings is 1. The topological polar surface area (TPSA) is 79.7 Å². The summed E-state index contributed by atoms with van der Waals surface area (Å²) in [5.41, 5.74) is 1.20. The maximum atomic E-state index is 13.1. The van der Waals surface area contributed by atoms with E-state index in [4.69, 9.17) is 4.74 Å². The fourth-order valence-corrected chi connectivity index (χ4v) is 3.32. The Balaban J connectivity index is 1.78. The highest BCUT2D eigenvalue weighted by Gasteiger charge is 2.29. The first-order valence-electron chi connectivity index (χ1n) is 8.94. The van der Waals surface area contributed by atoms with Crippen LogP contribution in [-0.2, 0) is 0 Å². The second-order valence-corrected chi connectivity index (χ2v) is 6.41. The lowest BCUT2D eigenvalue weighted by molar-refractivity contribution is 0.0526. The summed E-state index contributed by atoms with van der Waals surface area (Å²) in [6, 6.07) is 8.05. The van der Waals surface area contributed by atoms with Crippen LogP contribution < -0.4 is 4.74 Å². The van der Waals surface area contributed by atoms with Gasteiger partial charge in [0.2, 0.25) is 0 Å². The third kappa shape index (κ3) is 4.00. The van der Waals surface area contributed by atoms with E-state index in [0.29, 0.717) is 29.8 Å². The molecule has 1 aliphatic heterocycles. The van der Waals surface area contributed by atoms with Crippen LogP contribution in [0.2, 0.25) is 0 Å². The minimum absolute atomic E-state index is 0.0992. The Morgan fingerprint density at radius 2 is 2.19 bits per heavy atom. The van der Waals surface area contributed by atoms with Gasteiger partial charge in [-0.3, -0.25) is 14.6 Å². The number of ether oxygens (including phenoxy) is 1. The summed E-state index contributed by atoms with van der Waals surface area (Å²) >= 11 is 0. The summed E-state index contributed by atoms with van der Waals surface area (Å²) in [6.07, 6.45) is 6.52. The van der Waals surface area contributed by atoms with E-state index in [0.717, 1.165) is 19.3 Å². The Bertz CT molecular complexity index is 850. The van der Waals surface area contributed by atoms with Crippen LogP contribution >= 0.6 is 0 Å². The quantitative estimate of drug-likeness (QED) is 0.794. The van der Waals surface area contributed by atoms with Crippen molar-refractivity contribution in [2.45, 2.75) is 25.3 Å². The molecular formula is C21H22N2O4. The van der Waals surface area contributed by atoms with E-state index in [1.54, 1.807) is 41.4 Å². The zero-order valence-corrected chi connectivity index (χ0v) is 15.0. The lowest BCUT2D eigenvalue weighted by Gasteiger charge is -2.36. The van der Waals surface area contributed by atoms with Crippen LogP contribution in [0.25, 0.3) is 6.08 Å². The van der Waals surface area contributed by atoms with Gasteiger partial charge in [-0.2, -0.15) is 0 Å². The molecule has 2 heterocycles. The molecule has 1 aromatic carbocycles. The number of phenolic OH excluding ortho intramolecular Hbond substituents is 1. The number of carbonyl (C=O) groups excluding carboxylic acids is 2. The largest absolute Gasteiger partial charge is 0.507 e. The van der Waals surface area contributed by atoms with Crippen molar-refractivity contribution in [1.29, 1.82) is 0 Å². The molecule has 27 heavy (non-hydrogen) atoms. The molecule has 140 valence electrons. The number of hydrogen-bond donors (Lipinski definition) is 1. The third-order valence-corrected chi connectivity index (χ3v) is 4.74. The molecule has 0 aliphatic carbocycles. The van der Waals surface area contributed by atoms with Crippen molar-refractivity contribution in [2.75, 3.05) is 13.2 Å². The van der Waals surface area contributed by atoms with Crippen molar-refractivity contribution < 1.29 is 19.4 Å². The van der Waals surface area contributed by atoms with E-state index in [9.17, 15) is 14.7 Å². The maximum Gasteiger partial charge on any atom is 0.256 e. The molecule has 0 radical (unpaired) electrons. The number of amides is 1. The fraction of sp³-hybridized carbons (Fsp3) is 0.286. The fourth-order valence-electron chi connectivity index (χ4n) is 3.32. The number of rotatable bonds is 6. The zero-order valence-electron chi connectivity index (χ0n) is 15.0.